The smallest absolute Gasteiger partial charge is 0.238 e. The SMILES string of the molecule is c1ccc(-c2nc(-c3ccccc3)nc(-n3c4ccc5c(cnn5-c5ccccc5)c4c4ccc5c6ccccc6ccc5c43)n2)cc1. The summed E-state index contributed by atoms with van der Waals surface area (Å²) in [5.41, 5.74) is 5.98. The largest absolute Gasteiger partial charge is 0.277 e. The van der Waals surface area contributed by atoms with Crippen molar-refractivity contribution in [2.24, 2.45) is 0 Å². The van der Waals surface area contributed by atoms with Crippen LogP contribution in [0.25, 0.3) is 88.7 Å². The van der Waals surface area contributed by atoms with Crippen molar-refractivity contribution in [3.05, 3.63) is 158 Å². The first-order valence-corrected chi connectivity index (χ1v) is 16.0. The van der Waals surface area contributed by atoms with Gasteiger partial charge >= 0.3 is 0 Å². The summed E-state index contributed by atoms with van der Waals surface area (Å²) in [6.07, 6.45) is 1.98. The van der Waals surface area contributed by atoms with Gasteiger partial charge in [0.2, 0.25) is 5.95 Å². The van der Waals surface area contributed by atoms with Crippen LogP contribution in [0.1, 0.15) is 0 Å². The summed E-state index contributed by atoms with van der Waals surface area (Å²) >= 11 is 0. The summed E-state index contributed by atoms with van der Waals surface area (Å²) in [7, 11) is 0. The van der Waals surface area contributed by atoms with Gasteiger partial charge in [0.25, 0.3) is 0 Å². The highest BCUT2D eigenvalue weighted by Crippen LogP contribution is 2.41. The Labute approximate surface area is 275 Å². The Balaban J connectivity index is 1.36. The van der Waals surface area contributed by atoms with E-state index in [1.807, 2.05) is 89.7 Å². The van der Waals surface area contributed by atoms with E-state index in [4.69, 9.17) is 20.1 Å². The number of hydrogen-bond acceptors (Lipinski definition) is 4. The van der Waals surface area contributed by atoms with Crippen molar-refractivity contribution in [2.75, 3.05) is 0 Å². The summed E-state index contributed by atoms with van der Waals surface area (Å²) in [5.74, 6) is 1.81. The van der Waals surface area contributed by atoms with E-state index in [1.165, 1.54) is 16.2 Å². The lowest BCUT2D eigenvalue weighted by atomic mass is 9.99. The normalized spacial score (nSPS) is 11.8. The molecule has 6 nitrogen and oxygen atoms in total. The van der Waals surface area contributed by atoms with Gasteiger partial charge in [-0.2, -0.15) is 15.1 Å². The third-order valence-electron chi connectivity index (χ3n) is 9.25. The molecule has 3 heterocycles. The molecule has 0 atom stereocenters. The molecule has 0 spiro atoms. The number of rotatable bonds is 4. The van der Waals surface area contributed by atoms with Gasteiger partial charge in [-0.3, -0.25) is 4.57 Å². The summed E-state index contributed by atoms with van der Waals surface area (Å²) in [4.78, 5) is 15.4. The Kier molecular flexibility index (Phi) is 5.77. The van der Waals surface area contributed by atoms with Crippen LogP contribution in [0.15, 0.2) is 158 Å². The zero-order valence-electron chi connectivity index (χ0n) is 25.7. The van der Waals surface area contributed by atoms with Crippen molar-refractivity contribution in [3.63, 3.8) is 0 Å². The second kappa shape index (κ2) is 10.4. The van der Waals surface area contributed by atoms with Gasteiger partial charge in [0.05, 0.1) is 28.4 Å². The lowest BCUT2D eigenvalue weighted by Gasteiger charge is -2.12. The number of fused-ring (bicyclic) bond motifs is 9. The number of para-hydroxylation sites is 1. The van der Waals surface area contributed by atoms with Gasteiger partial charge in [-0.05, 0) is 40.4 Å². The molecule has 0 N–H and O–H groups in total. The molecule has 0 bridgehead atoms. The molecule has 0 aliphatic rings. The number of hydrogen-bond donors (Lipinski definition) is 0. The molecule has 0 saturated carbocycles. The zero-order valence-corrected chi connectivity index (χ0v) is 25.7. The Morgan fingerprint density at radius 2 is 1.02 bits per heavy atom. The first-order valence-electron chi connectivity index (χ1n) is 16.0. The van der Waals surface area contributed by atoms with E-state index in [2.05, 4.69) is 77.4 Å². The average molecular weight is 615 g/mol. The van der Waals surface area contributed by atoms with Crippen molar-refractivity contribution in [3.8, 4) is 34.4 Å². The quantitative estimate of drug-likeness (QED) is 0.185. The van der Waals surface area contributed by atoms with Gasteiger partial charge in [0, 0.05) is 32.7 Å². The lowest BCUT2D eigenvalue weighted by Crippen LogP contribution is -2.06. The predicted molar refractivity (Wildman–Crippen MR) is 195 cm³/mol. The van der Waals surface area contributed by atoms with Crippen LogP contribution >= 0.6 is 0 Å². The van der Waals surface area contributed by atoms with E-state index in [1.54, 1.807) is 0 Å². The fourth-order valence-electron chi connectivity index (χ4n) is 7.07. The molecule has 6 heteroatoms. The van der Waals surface area contributed by atoms with Crippen LogP contribution in [-0.4, -0.2) is 29.3 Å². The summed E-state index contributed by atoms with van der Waals surface area (Å²) < 4.78 is 4.23. The fraction of sp³-hybridized carbons (Fsp3) is 0. The molecule has 3 aromatic heterocycles. The van der Waals surface area contributed by atoms with Crippen molar-refractivity contribution in [2.45, 2.75) is 0 Å². The molecule has 0 amide bonds. The van der Waals surface area contributed by atoms with Crippen LogP contribution < -0.4 is 0 Å². The first kappa shape index (κ1) is 26.5. The van der Waals surface area contributed by atoms with Crippen LogP contribution in [0, 0.1) is 0 Å². The monoisotopic (exact) mass is 614 g/mol. The van der Waals surface area contributed by atoms with Crippen molar-refractivity contribution < 1.29 is 0 Å². The van der Waals surface area contributed by atoms with Crippen molar-refractivity contribution >= 4 is 54.3 Å². The van der Waals surface area contributed by atoms with Gasteiger partial charge in [-0.25, -0.2) is 9.67 Å². The number of nitrogens with zero attached hydrogens (tertiary/aromatic N) is 6. The minimum absolute atomic E-state index is 0.568. The molecule has 0 unspecified atom stereocenters. The highest BCUT2D eigenvalue weighted by molar-refractivity contribution is 6.27. The predicted octanol–water partition coefficient (Wildman–Crippen LogP) is 9.95. The summed E-state index contributed by atoms with van der Waals surface area (Å²) in [6.45, 7) is 0. The molecule has 48 heavy (non-hydrogen) atoms. The molecule has 0 aliphatic carbocycles. The number of benzene rings is 7. The third kappa shape index (κ3) is 3.99. The van der Waals surface area contributed by atoms with Crippen LogP contribution in [0.5, 0.6) is 0 Å². The molecule has 7 aromatic carbocycles. The van der Waals surface area contributed by atoms with E-state index in [0.29, 0.717) is 17.6 Å². The minimum Gasteiger partial charge on any atom is -0.277 e. The topological polar surface area (TPSA) is 61.4 Å². The van der Waals surface area contributed by atoms with Crippen LogP contribution in [0.2, 0.25) is 0 Å². The third-order valence-corrected chi connectivity index (χ3v) is 9.25. The highest BCUT2D eigenvalue weighted by atomic mass is 15.3. The van der Waals surface area contributed by atoms with Gasteiger partial charge in [0.1, 0.15) is 0 Å². The first-order chi connectivity index (χ1) is 23.8. The molecule has 0 fully saturated rings. The van der Waals surface area contributed by atoms with Gasteiger partial charge in [-0.1, -0.05) is 127 Å². The second-order valence-electron chi connectivity index (χ2n) is 12.0. The summed E-state index contributed by atoms with van der Waals surface area (Å²) in [5, 5.41) is 12.9. The van der Waals surface area contributed by atoms with Crippen molar-refractivity contribution in [1.29, 1.82) is 0 Å². The number of aromatic nitrogens is 6. The van der Waals surface area contributed by atoms with Crippen LogP contribution in [0.4, 0.5) is 0 Å². The maximum Gasteiger partial charge on any atom is 0.238 e. The van der Waals surface area contributed by atoms with Gasteiger partial charge < -0.3 is 0 Å². The van der Waals surface area contributed by atoms with E-state index in [-0.39, 0.29) is 0 Å². The maximum absolute atomic E-state index is 5.19. The zero-order chi connectivity index (χ0) is 31.6. The summed E-state index contributed by atoms with van der Waals surface area (Å²) in [6, 6.07) is 52.4. The van der Waals surface area contributed by atoms with E-state index >= 15 is 0 Å². The Morgan fingerprint density at radius 1 is 0.417 bits per heavy atom. The molecular weight excluding hydrogens is 589 g/mol. The van der Waals surface area contributed by atoms with Crippen LogP contribution in [0.3, 0.4) is 0 Å². The molecule has 10 aromatic rings. The van der Waals surface area contributed by atoms with E-state index in [9.17, 15) is 0 Å². The van der Waals surface area contributed by atoms with Crippen molar-refractivity contribution in [1.82, 2.24) is 29.3 Å². The Morgan fingerprint density at radius 3 is 1.75 bits per heavy atom. The molecule has 0 radical (unpaired) electrons. The molecule has 0 aliphatic heterocycles. The van der Waals surface area contributed by atoms with E-state index in [0.717, 1.165) is 54.9 Å². The lowest BCUT2D eigenvalue weighted by molar-refractivity contribution is 0.911. The standard InChI is InChI=1S/C42H26N6/c1-4-13-28(14-5-1)40-44-41(29-15-6-2-7-16-29)46-42(45-40)47-37-25-24-36-35(26-43-48(36)30-17-8-3-9-18-30)38(37)34-23-22-32-31-19-11-10-12-27(31)20-21-33(32)39(34)47/h1-26H. The Bertz CT molecular complexity index is 2760. The fourth-order valence-corrected chi connectivity index (χ4v) is 7.07. The minimum atomic E-state index is 0.568. The molecule has 0 saturated heterocycles. The Hall–Kier alpha value is -6.66. The van der Waals surface area contributed by atoms with E-state index < -0.39 is 0 Å². The van der Waals surface area contributed by atoms with Gasteiger partial charge in [0.15, 0.2) is 11.6 Å². The highest BCUT2D eigenvalue weighted by Gasteiger charge is 2.22. The molecule has 10 rings (SSSR count). The van der Waals surface area contributed by atoms with Crippen LogP contribution in [-0.2, 0) is 0 Å². The average Bonchev–Trinajstić information content (AvgIpc) is 3.75. The second-order valence-corrected chi connectivity index (χ2v) is 12.0. The van der Waals surface area contributed by atoms with Gasteiger partial charge in [-0.15, -0.1) is 0 Å². The molecular formula is C42H26N6. The molecule has 224 valence electrons. The maximum atomic E-state index is 5.19.